The summed E-state index contributed by atoms with van der Waals surface area (Å²) in [5.74, 6) is 0.991. The largest absolute Gasteiger partial charge is 0.457 e. The fourth-order valence-corrected chi connectivity index (χ4v) is 3.17. The number of pyridine rings is 1. The topological polar surface area (TPSA) is 106 Å². The van der Waals surface area contributed by atoms with E-state index in [0.717, 1.165) is 11.1 Å². The second-order valence-corrected chi connectivity index (χ2v) is 7.47. The van der Waals surface area contributed by atoms with Crippen molar-refractivity contribution in [2.75, 3.05) is 20.1 Å². The molecule has 0 aliphatic heterocycles. The molecule has 32 heavy (non-hydrogen) atoms. The van der Waals surface area contributed by atoms with Gasteiger partial charge in [-0.05, 0) is 60.3 Å². The van der Waals surface area contributed by atoms with Gasteiger partial charge in [0.2, 0.25) is 0 Å². The van der Waals surface area contributed by atoms with Gasteiger partial charge in [-0.25, -0.2) is 0 Å². The standard InChI is InChI=1S/C25H28N4O3/c1-17(16-26)19-6-4-7-20(14-19)24(30)29-11-9-18-5-3-8-21(13-18)32-22-10-12-28-23(15-22)25(31)27-2/h3-8,10,12-15,17H,9,11,16,26H2,1-2H3,(H,27,31)(H,29,30). The van der Waals surface area contributed by atoms with Crippen LogP contribution >= 0.6 is 0 Å². The maximum atomic E-state index is 12.5. The maximum Gasteiger partial charge on any atom is 0.269 e. The summed E-state index contributed by atoms with van der Waals surface area (Å²) in [4.78, 5) is 28.3. The van der Waals surface area contributed by atoms with E-state index in [4.69, 9.17) is 10.5 Å². The summed E-state index contributed by atoms with van der Waals surface area (Å²) in [6, 6.07) is 18.5. The Balaban J connectivity index is 1.58. The number of nitrogens with zero attached hydrogens (tertiary/aromatic N) is 1. The quantitative estimate of drug-likeness (QED) is 0.481. The SMILES string of the molecule is CNC(=O)c1cc(Oc2cccc(CCNC(=O)c3cccc(C(C)CN)c3)c2)ccn1. The number of hydrogen-bond donors (Lipinski definition) is 3. The van der Waals surface area contributed by atoms with Crippen molar-refractivity contribution in [3.63, 3.8) is 0 Å². The van der Waals surface area contributed by atoms with E-state index in [9.17, 15) is 9.59 Å². The molecule has 2 amide bonds. The van der Waals surface area contributed by atoms with Crippen LogP contribution in [0.1, 0.15) is 44.8 Å². The molecule has 0 fully saturated rings. The molecular formula is C25H28N4O3. The average molecular weight is 433 g/mol. The highest BCUT2D eigenvalue weighted by Crippen LogP contribution is 2.22. The number of rotatable bonds is 9. The molecule has 0 aliphatic carbocycles. The number of nitrogens with one attached hydrogen (secondary N) is 2. The average Bonchev–Trinajstić information content (AvgIpc) is 2.83. The van der Waals surface area contributed by atoms with Crippen molar-refractivity contribution in [1.29, 1.82) is 0 Å². The Labute approximate surface area is 188 Å². The number of amides is 2. The van der Waals surface area contributed by atoms with Crippen LogP contribution in [0.5, 0.6) is 11.5 Å². The van der Waals surface area contributed by atoms with E-state index in [1.165, 1.54) is 6.20 Å². The molecule has 0 saturated heterocycles. The fraction of sp³-hybridized carbons (Fsp3) is 0.240. The van der Waals surface area contributed by atoms with Crippen LogP contribution in [0.4, 0.5) is 0 Å². The Kier molecular flexibility index (Phi) is 7.94. The molecule has 2 aromatic carbocycles. The normalized spacial score (nSPS) is 11.5. The first-order valence-corrected chi connectivity index (χ1v) is 10.5. The lowest BCUT2D eigenvalue weighted by Crippen LogP contribution is -2.25. The Hall–Kier alpha value is -3.71. The molecule has 0 radical (unpaired) electrons. The van der Waals surface area contributed by atoms with E-state index in [-0.39, 0.29) is 23.4 Å². The molecule has 7 nitrogen and oxygen atoms in total. The van der Waals surface area contributed by atoms with Crippen LogP contribution in [0.15, 0.2) is 66.9 Å². The van der Waals surface area contributed by atoms with Gasteiger partial charge in [-0.1, -0.05) is 31.2 Å². The van der Waals surface area contributed by atoms with Crippen LogP contribution in [0.25, 0.3) is 0 Å². The maximum absolute atomic E-state index is 12.5. The Morgan fingerprint density at radius 2 is 1.81 bits per heavy atom. The van der Waals surface area contributed by atoms with Crippen LogP contribution in [-0.2, 0) is 6.42 Å². The summed E-state index contributed by atoms with van der Waals surface area (Å²) < 4.78 is 5.88. The monoisotopic (exact) mass is 432 g/mol. The first-order valence-electron chi connectivity index (χ1n) is 10.5. The number of benzene rings is 2. The van der Waals surface area contributed by atoms with E-state index < -0.39 is 0 Å². The molecule has 1 atom stereocenters. The Morgan fingerprint density at radius 3 is 2.59 bits per heavy atom. The van der Waals surface area contributed by atoms with Crippen molar-refractivity contribution >= 4 is 11.8 Å². The molecule has 166 valence electrons. The van der Waals surface area contributed by atoms with Crippen LogP contribution in [0, 0.1) is 0 Å². The number of aromatic nitrogens is 1. The van der Waals surface area contributed by atoms with Gasteiger partial charge in [0, 0.05) is 31.4 Å². The molecule has 1 unspecified atom stereocenters. The minimum Gasteiger partial charge on any atom is -0.457 e. The second-order valence-electron chi connectivity index (χ2n) is 7.47. The van der Waals surface area contributed by atoms with Crippen LogP contribution in [-0.4, -0.2) is 36.9 Å². The minimum absolute atomic E-state index is 0.109. The third-order valence-corrected chi connectivity index (χ3v) is 5.10. The summed E-state index contributed by atoms with van der Waals surface area (Å²) in [6.45, 7) is 3.07. The van der Waals surface area contributed by atoms with Gasteiger partial charge >= 0.3 is 0 Å². The first kappa shape index (κ1) is 23.0. The highest BCUT2D eigenvalue weighted by atomic mass is 16.5. The zero-order valence-corrected chi connectivity index (χ0v) is 18.3. The lowest BCUT2D eigenvalue weighted by Gasteiger charge is -2.11. The third kappa shape index (κ3) is 6.15. The smallest absolute Gasteiger partial charge is 0.269 e. The highest BCUT2D eigenvalue weighted by Gasteiger charge is 2.10. The highest BCUT2D eigenvalue weighted by molar-refractivity contribution is 5.94. The molecular weight excluding hydrogens is 404 g/mol. The second kappa shape index (κ2) is 11.1. The third-order valence-electron chi connectivity index (χ3n) is 5.10. The molecule has 0 aliphatic rings. The number of ether oxygens (including phenoxy) is 1. The van der Waals surface area contributed by atoms with Crippen molar-refractivity contribution < 1.29 is 14.3 Å². The summed E-state index contributed by atoms with van der Waals surface area (Å²) in [7, 11) is 1.55. The molecule has 4 N–H and O–H groups in total. The first-order chi connectivity index (χ1) is 15.5. The predicted octanol–water partition coefficient (Wildman–Crippen LogP) is 3.27. The van der Waals surface area contributed by atoms with Gasteiger partial charge in [0.25, 0.3) is 11.8 Å². The van der Waals surface area contributed by atoms with Crippen molar-refractivity contribution in [3.05, 3.63) is 89.2 Å². The molecule has 3 aromatic rings. The van der Waals surface area contributed by atoms with E-state index >= 15 is 0 Å². The summed E-state index contributed by atoms with van der Waals surface area (Å²) in [5, 5.41) is 5.50. The van der Waals surface area contributed by atoms with Crippen LogP contribution < -0.4 is 21.1 Å². The van der Waals surface area contributed by atoms with Gasteiger partial charge in [-0.15, -0.1) is 0 Å². The molecule has 0 saturated carbocycles. The summed E-state index contributed by atoms with van der Waals surface area (Å²) in [5.41, 5.74) is 8.72. The van der Waals surface area contributed by atoms with E-state index in [1.807, 2.05) is 49.4 Å². The lowest BCUT2D eigenvalue weighted by molar-refractivity contribution is 0.0947. The zero-order valence-electron chi connectivity index (χ0n) is 18.3. The van der Waals surface area contributed by atoms with Crippen molar-refractivity contribution in [2.24, 2.45) is 5.73 Å². The van der Waals surface area contributed by atoms with Crippen molar-refractivity contribution in [3.8, 4) is 11.5 Å². The number of hydrogen-bond acceptors (Lipinski definition) is 5. The fourth-order valence-electron chi connectivity index (χ4n) is 3.17. The van der Waals surface area contributed by atoms with Crippen LogP contribution in [0.2, 0.25) is 0 Å². The van der Waals surface area contributed by atoms with Crippen LogP contribution in [0.3, 0.4) is 0 Å². The molecule has 1 aromatic heterocycles. The minimum atomic E-state index is -0.275. The zero-order chi connectivity index (χ0) is 22.9. The Morgan fingerprint density at radius 1 is 1.03 bits per heavy atom. The van der Waals surface area contributed by atoms with E-state index in [2.05, 4.69) is 15.6 Å². The van der Waals surface area contributed by atoms with Gasteiger partial charge in [-0.3, -0.25) is 14.6 Å². The van der Waals surface area contributed by atoms with Gasteiger partial charge in [0.1, 0.15) is 17.2 Å². The Bertz CT molecular complexity index is 1080. The summed E-state index contributed by atoms with van der Waals surface area (Å²) >= 11 is 0. The van der Waals surface area contributed by atoms with Crippen molar-refractivity contribution in [1.82, 2.24) is 15.6 Å². The number of nitrogens with two attached hydrogens (primary N) is 1. The molecule has 0 bridgehead atoms. The van der Waals surface area contributed by atoms with Gasteiger partial charge in [0.05, 0.1) is 0 Å². The van der Waals surface area contributed by atoms with Crippen molar-refractivity contribution in [2.45, 2.75) is 19.3 Å². The van der Waals surface area contributed by atoms with Gasteiger partial charge in [0.15, 0.2) is 0 Å². The lowest BCUT2D eigenvalue weighted by atomic mass is 9.99. The molecule has 0 spiro atoms. The molecule has 1 heterocycles. The van der Waals surface area contributed by atoms with Gasteiger partial charge in [-0.2, -0.15) is 0 Å². The number of carbonyl (C=O) groups is 2. The van der Waals surface area contributed by atoms with Gasteiger partial charge < -0.3 is 21.1 Å². The predicted molar refractivity (Wildman–Crippen MR) is 124 cm³/mol. The number of carbonyl (C=O) groups excluding carboxylic acids is 2. The van der Waals surface area contributed by atoms with E-state index in [1.54, 1.807) is 25.2 Å². The molecule has 3 rings (SSSR count). The molecule has 7 heteroatoms. The van der Waals surface area contributed by atoms with E-state index in [0.29, 0.717) is 36.6 Å². The summed E-state index contributed by atoms with van der Waals surface area (Å²) in [6.07, 6.45) is 2.18.